The van der Waals surface area contributed by atoms with E-state index < -0.39 is 0 Å². The predicted octanol–water partition coefficient (Wildman–Crippen LogP) is 2.89. The van der Waals surface area contributed by atoms with Gasteiger partial charge in [-0.1, -0.05) is 29.8 Å². The summed E-state index contributed by atoms with van der Waals surface area (Å²) in [6.45, 7) is 6.01. The van der Waals surface area contributed by atoms with Gasteiger partial charge in [-0.05, 0) is 43.0 Å². The van der Waals surface area contributed by atoms with Gasteiger partial charge in [0, 0.05) is 10.0 Å². The lowest BCUT2D eigenvalue weighted by Gasteiger charge is -2.19. The monoisotopic (exact) mass is 313 g/mol. The lowest BCUT2D eigenvalue weighted by Crippen LogP contribution is -2.38. The molecule has 1 aromatic rings. The van der Waals surface area contributed by atoms with Crippen LogP contribution in [-0.2, 0) is 0 Å². The molecule has 0 radical (unpaired) electrons. The summed E-state index contributed by atoms with van der Waals surface area (Å²) in [6.07, 6.45) is 0.776. The molecule has 0 aliphatic heterocycles. The van der Waals surface area contributed by atoms with Crippen LogP contribution in [0.15, 0.2) is 22.7 Å². The number of carbonyl (C=O) groups excluding carboxylic acids is 1. The minimum Gasteiger partial charge on any atom is -0.394 e. The fraction of sp³-hybridized carbons (Fsp3) is 0.500. The second-order valence-electron chi connectivity index (χ2n) is 4.94. The third-order valence-corrected chi connectivity index (χ3v) is 3.24. The summed E-state index contributed by atoms with van der Waals surface area (Å²) >= 11 is 3.37. The number of halogens is 1. The molecule has 0 saturated heterocycles. The number of rotatable bonds is 5. The number of hydrogen-bond acceptors (Lipinski definition) is 2. The lowest BCUT2D eigenvalue weighted by molar-refractivity contribution is 0.0907. The van der Waals surface area contributed by atoms with Gasteiger partial charge in [0.15, 0.2) is 0 Å². The molecule has 18 heavy (non-hydrogen) atoms. The first-order chi connectivity index (χ1) is 8.43. The summed E-state index contributed by atoms with van der Waals surface area (Å²) in [7, 11) is 0. The van der Waals surface area contributed by atoms with E-state index in [9.17, 15) is 9.90 Å². The van der Waals surface area contributed by atoms with E-state index in [1.807, 2.05) is 19.1 Å². The Balaban J connectivity index is 2.74. The van der Waals surface area contributed by atoms with Crippen molar-refractivity contribution in [1.29, 1.82) is 0 Å². The van der Waals surface area contributed by atoms with E-state index in [0.717, 1.165) is 16.5 Å². The Hall–Kier alpha value is -0.870. The van der Waals surface area contributed by atoms with E-state index in [1.54, 1.807) is 6.07 Å². The van der Waals surface area contributed by atoms with E-state index in [2.05, 4.69) is 35.1 Å². The van der Waals surface area contributed by atoms with Crippen LogP contribution in [0.1, 0.15) is 36.2 Å². The highest BCUT2D eigenvalue weighted by molar-refractivity contribution is 9.10. The summed E-state index contributed by atoms with van der Waals surface area (Å²) in [5.74, 6) is 0.313. The van der Waals surface area contributed by atoms with Crippen molar-refractivity contribution in [2.75, 3.05) is 6.61 Å². The zero-order chi connectivity index (χ0) is 13.7. The molecular weight excluding hydrogens is 294 g/mol. The molecule has 0 aliphatic carbocycles. The van der Waals surface area contributed by atoms with Crippen LogP contribution in [-0.4, -0.2) is 23.7 Å². The molecule has 0 bridgehead atoms. The van der Waals surface area contributed by atoms with Gasteiger partial charge >= 0.3 is 0 Å². The standard InChI is InChI=1S/C14H20BrNO2/c1-9(2)6-12(8-17)16-14(18)13-5-4-11(15)7-10(13)3/h4-5,7,9,12,17H,6,8H2,1-3H3,(H,16,18). The minimum absolute atomic E-state index is 0.0283. The summed E-state index contributed by atoms with van der Waals surface area (Å²) in [5, 5.41) is 12.1. The first kappa shape index (κ1) is 15.2. The quantitative estimate of drug-likeness (QED) is 0.878. The number of nitrogens with one attached hydrogen (secondary N) is 1. The second-order valence-corrected chi connectivity index (χ2v) is 5.86. The molecule has 3 nitrogen and oxygen atoms in total. The molecule has 2 N–H and O–H groups in total. The Kier molecular flexibility index (Phi) is 5.82. The van der Waals surface area contributed by atoms with Crippen LogP contribution in [0.2, 0.25) is 0 Å². The summed E-state index contributed by atoms with van der Waals surface area (Å²) in [6, 6.07) is 5.36. The third kappa shape index (κ3) is 4.42. The maximum absolute atomic E-state index is 12.1. The zero-order valence-corrected chi connectivity index (χ0v) is 12.6. The normalized spacial score (nSPS) is 12.6. The Morgan fingerprint density at radius 2 is 2.11 bits per heavy atom. The molecule has 0 spiro atoms. The fourth-order valence-electron chi connectivity index (χ4n) is 1.89. The maximum atomic E-state index is 12.1. The number of benzene rings is 1. The molecule has 0 heterocycles. The van der Waals surface area contributed by atoms with E-state index in [4.69, 9.17) is 0 Å². The van der Waals surface area contributed by atoms with Crippen LogP contribution in [0.3, 0.4) is 0 Å². The Morgan fingerprint density at radius 1 is 1.44 bits per heavy atom. The number of aliphatic hydroxyl groups excluding tert-OH is 1. The van der Waals surface area contributed by atoms with Crippen LogP contribution in [0.5, 0.6) is 0 Å². The molecule has 0 fully saturated rings. The maximum Gasteiger partial charge on any atom is 0.251 e. The van der Waals surface area contributed by atoms with Crippen molar-refractivity contribution in [3.8, 4) is 0 Å². The van der Waals surface area contributed by atoms with Gasteiger partial charge in [0.1, 0.15) is 0 Å². The highest BCUT2D eigenvalue weighted by Gasteiger charge is 2.15. The molecule has 0 aromatic heterocycles. The molecule has 0 aliphatic rings. The Labute approximate surface area is 117 Å². The van der Waals surface area contributed by atoms with Crippen LogP contribution in [0.25, 0.3) is 0 Å². The second kappa shape index (κ2) is 6.90. The van der Waals surface area contributed by atoms with Crippen molar-refractivity contribution in [2.45, 2.75) is 33.2 Å². The first-order valence-corrected chi connectivity index (χ1v) is 6.91. The molecule has 0 saturated carbocycles. The number of amides is 1. The predicted molar refractivity (Wildman–Crippen MR) is 76.7 cm³/mol. The molecule has 1 atom stereocenters. The van der Waals surface area contributed by atoms with Gasteiger partial charge < -0.3 is 10.4 Å². The topological polar surface area (TPSA) is 49.3 Å². The zero-order valence-electron chi connectivity index (χ0n) is 11.0. The number of carbonyl (C=O) groups is 1. The van der Waals surface area contributed by atoms with Crippen LogP contribution < -0.4 is 5.32 Å². The Morgan fingerprint density at radius 3 is 2.61 bits per heavy atom. The smallest absolute Gasteiger partial charge is 0.251 e. The SMILES string of the molecule is Cc1cc(Br)ccc1C(=O)NC(CO)CC(C)C. The van der Waals surface area contributed by atoms with Gasteiger partial charge in [-0.15, -0.1) is 0 Å². The van der Waals surface area contributed by atoms with Crippen molar-refractivity contribution in [3.05, 3.63) is 33.8 Å². The molecule has 1 aromatic carbocycles. The third-order valence-electron chi connectivity index (χ3n) is 2.74. The van der Waals surface area contributed by atoms with Crippen LogP contribution in [0.4, 0.5) is 0 Å². The molecular formula is C14H20BrNO2. The minimum atomic E-state index is -0.180. The summed E-state index contributed by atoms with van der Waals surface area (Å²) in [5.41, 5.74) is 1.57. The largest absolute Gasteiger partial charge is 0.394 e. The van der Waals surface area contributed by atoms with Crippen LogP contribution in [0, 0.1) is 12.8 Å². The molecule has 100 valence electrons. The van der Waals surface area contributed by atoms with Gasteiger partial charge in [0.25, 0.3) is 5.91 Å². The average Bonchev–Trinajstić information content (AvgIpc) is 2.27. The van der Waals surface area contributed by atoms with Gasteiger partial charge in [0.2, 0.25) is 0 Å². The van der Waals surface area contributed by atoms with Gasteiger partial charge in [-0.2, -0.15) is 0 Å². The fourth-order valence-corrected chi connectivity index (χ4v) is 2.37. The van der Waals surface area contributed by atoms with E-state index in [1.165, 1.54) is 0 Å². The van der Waals surface area contributed by atoms with Gasteiger partial charge in [-0.25, -0.2) is 0 Å². The molecule has 1 amide bonds. The highest BCUT2D eigenvalue weighted by atomic mass is 79.9. The van der Waals surface area contributed by atoms with E-state index >= 15 is 0 Å². The highest BCUT2D eigenvalue weighted by Crippen LogP contribution is 2.16. The number of aryl methyl sites for hydroxylation is 1. The van der Waals surface area contributed by atoms with Crippen molar-refractivity contribution >= 4 is 21.8 Å². The first-order valence-electron chi connectivity index (χ1n) is 6.12. The Bertz CT molecular complexity index is 418. The molecule has 1 rings (SSSR count). The van der Waals surface area contributed by atoms with Crippen LogP contribution >= 0.6 is 15.9 Å². The van der Waals surface area contributed by atoms with Gasteiger partial charge in [0.05, 0.1) is 12.6 Å². The van der Waals surface area contributed by atoms with E-state index in [0.29, 0.717) is 11.5 Å². The summed E-state index contributed by atoms with van der Waals surface area (Å²) in [4.78, 5) is 12.1. The van der Waals surface area contributed by atoms with Crippen molar-refractivity contribution < 1.29 is 9.90 Å². The van der Waals surface area contributed by atoms with E-state index in [-0.39, 0.29) is 18.6 Å². The number of aliphatic hydroxyl groups is 1. The summed E-state index contributed by atoms with van der Waals surface area (Å²) < 4.78 is 0.956. The molecule has 1 unspecified atom stereocenters. The van der Waals surface area contributed by atoms with Gasteiger partial charge in [-0.3, -0.25) is 4.79 Å². The van der Waals surface area contributed by atoms with Crippen molar-refractivity contribution in [1.82, 2.24) is 5.32 Å². The average molecular weight is 314 g/mol. The molecule has 4 heteroatoms. The number of hydrogen-bond donors (Lipinski definition) is 2. The lowest BCUT2D eigenvalue weighted by atomic mass is 10.0. The van der Waals surface area contributed by atoms with Crippen molar-refractivity contribution in [3.63, 3.8) is 0 Å². The van der Waals surface area contributed by atoms with Crippen molar-refractivity contribution in [2.24, 2.45) is 5.92 Å².